The third-order valence-electron chi connectivity index (χ3n) is 2.65. The predicted octanol–water partition coefficient (Wildman–Crippen LogP) is 3.87. The lowest BCUT2D eigenvalue weighted by atomic mass is 10.1. The number of hydrogen-bond acceptors (Lipinski definition) is 3. The summed E-state index contributed by atoms with van der Waals surface area (Å²) in [5, 5.41) is 10.6. The molecular weight excluding hydrogens is 249 g/mol. The van der Waals surface area contributed by atoms with Crippen LogP contribution in [0.5, 0.6) is 5.75 Å². The van der Waals surface area contributed by atoms with E-state index in [1.54, 1.807) is 6.92 Å². The Labute approximate surface area is 109 Å². The average Bonchev–Trinajstić information content (AvgIpc) is 2.39. The first-order valence-corrected chi connectivity index (χ1v) is 5.73. The van der Waals surface area contributed by atoms with Crippen LogP contribution in [0.4, 0.5) is 10.1 Å². The van der Waals surface area contributed by atoms with E-state index in [0.29, 0.717) is 0 Å². The number of nitro benzene ring substituents is 1. The summed E-state index contributed by atoms with van der Waals surface area (Å²) in [6, 6.07) is 12.6. The second-order valence-electron chi connectivity index (χ2n) is 4.07. The largest absolute Gasteiger partial charge is 0.486 e. The van der Waals surface area contributed by atoms with Gasteiger partial charge in [-0.15, -0.1) is 0 Å². The molecule has 5 heteroatoms. The van der Waals surface area contributed by atoms with Crippen LogP contribution < -0.4 is 4.74 Å². The van der Waals surface area contributed by atoms with E-state index in [1.807, 2.05) is 30.3 Å². The molecule has 0 N–H and O–H groups in total. The molecule has 2 aromatic rings. The first-order chi connectivity index (χ1) is 9.06. The Morgan fingerprint density at radius 3 is 2.53 bits per heavy atom. The summed E-state index contributed by atoms with van der Waals surface area (Å²) in [5.74, 6) is -0.549. The van der Waals surface area contributed by atoms with Gasteiger partial charge in [0.1, 0.15) is 17.7 Å². The summed E-state index contributed by atoms with van der Waals surface area (Å²) in [4.78, 5) is 9.99. The standard InChI is InChI=1S/C14H12FNO3/c1-10(11-5-3-2-4-6-11)19-14-8-12(15)7-13(9-14)16(17)18/h2-10H,1H3. The molecule has 1 unspecified atom stereocenters. The summed E-state index contributed by atoms with van der Waals surface area (Å²) in [7, 11) is 0. The predicted molar refractivity (Wildman–Crippen MR) is 68.5 cm³/mol. The van der Waals surface area contributed by atoms with E-state index in [9.17, 15) is 14.5 Å². The number of halogens is 1. The van der Waals surface area contributed by atoms with Gasteiger partial charge in [0.05, 0.1) is 17.1 Å². The summed E-state index contributed by atoms with van der Waals surface area (Å²) in [6.45, 7) is 1.80. The lowest BCUT2D eigenvalue weighted by Gasteiger charge is -2.14. The number of benzene rings is 2. The Kier molecular flexibility index (Phi) is 3.75. The van der Waals surface area contributed by atoms with Crippen molar-refractivity contribution in [3.8, 4) is 5.75 Å². The van der Waals surface area contributed by atoms with Gasteiger partial charge in [0, 0.05) is 6.07 Å². The normalized spacial score (nSPS) is 11.9. The molecule has 0 aliphatic carbocycles. The number of nitrogens with zero attached hydrogens (tertiary/aromatic N) is 1. The van der Waals surface area contributed by atoms with Crippen molar-refractivity contribution in [3.63, 3.8) is 0 Å². The molecule has 1 atom stereocenters. The molecular formula is C14H12FNO3. The Morgan fingerprint density at radius 1 is 1.21 bits per heavy atom. The number of ether oxygens (including phenoxy) is 1. The topological polar surface area (TPSA) is 52.4 Å². The van der Waals surface area contributed by atoms with Gasteiger partial charge in [0.15, 0.2) is 0 Å². The molecule has 0 radical (unpaired) electrons. The molecule has 2 rings (SSSR count). The van der Waals surface area contributed by atoms with E-state index in [2.05, 4.69) is 0 Å². The van der Waals surface area contributed by atoms with Crippen LogP contribution >= 0.6 is 0 Å². The van der Waals surface area contributed by atoms with E-state index in [1.165, 1.54) is 6.07 Å². The number of hydrogen-bond donors (Lipinski definition) is 0. The van der Waals surface area contributed by atoms with Crippen LogP contribution in [-0.4, -0.2) is 4.92 Å². The van der Waals surface area contributed by atoms with Gasteiger partial charge in [-0.1, -0.05) is 30.3 Å². The maximum absolute atomic E-state index is 13.3. The molecule has 0 saturated heterocycles. The maximum atomic E-state index is 13.3. The van der Waals surface area contributed by atoms with Crippen LogP contribution in [0.25, 0.3) is 0 Å². The SMILES string of the molecule is CC(Oc1cc(F)cc([N+](=O)[O-])c1)c1ccccc1. The van der Waals surface area contributed by atoms with Gasteiger partial charge >= 0.3 is 0 Å². The zero-order valence-electron chi connectivity index (χ0n) is 10.2. The van der Waals surface area contributed by atoms with Crippen molar-refractivity contribution >= 4 is 5.69 Å². The number of nitro groups is 1. The Hall–Kier alpha value is -2.43. The van der Waals surface area contributed by atoms with Crippen molar-refractivity contribution in [2.24, 2.45) is 0 Å². The zero-order chi connectivity index (χ0) is 13.8. The van der Waals surface area contributed by atoms with Crippen LogP contribution in [0.2, 0.25) is 0 Å². The lowest BCUT2D eigenvalue weighted by molar-refractivity contribution is -0.385. The van der Waals surface area contributed by atoms with Crippen LogP contribution in [0.1, 0.15) is 18.6 Å². The van der Waals surface area contributed by atoms with E-state index in [-0.39, 0.29) is 17.5 Å². The summed E-state index contributed by atoms with van der Waals surface area (Å²) < 4.78 is 18.8. The maximum Gasteiger partial charge on any atom is 0.276 e. The fourth-order valence-corrected chi connectivity index (χ4v) is 1.72. The molecule has 19 heavy (non-hydrogen) atoms. The van der Waals surface area contributed by atoms with E-state index < -0.39 is 10.7 Å². The second kappa shape index (κ2) is 5.48. The fourth-order valence-electron chi connectivity index (χ4n) is 1.72. The fraction of sp³-hybridized carbons (Fsp3) is 0.143. The molecule has 2 aromatic carbocycles. The first kappa shape index (κ1) is 13.0. The van der Waals surface area contributed by atoms with Crippen LogP contribution in [0, 0.1) is 15.9 Å². The molecule has 0 saturated carbocycles. The van der Waals surface area contributed by atoms with Gasteiger partial charge in [-0.05, 0) is 12.5 Å². The molecule has 0 aromatic heterocycles. The van der Waals surface area contributed by atoms with E-state index >= 15 is 0 Å². The van der Waals surface area contributed by atoms with Crippen molar-refractivity contribution < 1.29 is 14.1 Å². The summed E-state index contributed by atoms with van der Waals surface area (Å²) >= 11 is 0. The molecule has 0 fully saturated rings. The highest BCUT2D eigenvalue weighted by molar-refractivity contribution is 5.39. The van der Waals surface area contributed by atoms with Crippen molar-refractivity contribution in [1.82, 2.24) is 0 Å². The van der Waals surface area contributed by atoms with Crippen molar-refractivity contribution in [2.75, 3.05) is 0 Å². The quantitative estimate of drug-likeness (QED) is 0.620. The number of rotatable bonds is 4. The average molecular weight is 261 g/mol. The van der Waals surface area contributed by atoms with Gasteiger partial charge in [0.25, 0.3) is 5.69 Å². The molecule has 0 bridgehead atoms. The lowest BCUT2D eigenvalue weighted by Crippen LogP contribution is -2.03. The van der Waals surface area contributed by atoms with Gasteiger partial charge in [0.2, 0.25) is 0 Å². The third-order valence-corrected chi connectivity index (χ3v) is 2.65. The summed E-state index contributed by atoms with van der Waals surface area (Å²) in [5.41, 5.74) is 0.588. The zero-order valence-corrected chi connectivity index (χ0v) is 10.2. The molecule has 0 aliphatic heterocycles. The van der Waals surface area contributed by atoms with E-state index in [4.69, 9.17) is 4.74 Å². The summed E-state index contributed by atoms with van der Waals surface area (Å²) in [6.07, 6.45) is -0.317. The highest BCUT2D eigenvalue weighted by atomic mass is 19.1. The minimum absolute atomic E-state index is 0.142. The monoisotopic (exact) mass is 261 g/mol. The minimum Gasteiger partial charge on any atom is -0.486 e. The van der Waals surface area contributed by atoms with Crippen molar-refractivity contribution in [3.05, 3.63) is 70.0 Å². The molecule has 0 amide bonds. The van der Waals surface area contributed by atoms with Crippen LogP contribution in [-0.2, 0) is 0 Å². The van der Waals surface area contributed by atoms with Crippen LogP contribution in [0.15, 0.2) is 48.5 Å². The molecule has 0 spiro atoms. The van der Waals surface area contributed by atoms with Crippen molar-refractivity contribution in [2.45, 2.75) is 13.0 Å². The molecule has 98 valence electrons. The molecule has 0 heterocycles. The van der Waals surface area contributed by atoms with Gasteiger partial charge < -0.3 is 4.74 Å². The second-order valence-corrected chi connectivity index (χ2v) is 4.07. The highest BCUT2D eigenvalue weighted by Crippen LogP contribution is 2.26. The first-order valence-electron chi connectivity index (χ1n) is 5.73. The minimum atomic E-state index is -0.690. The van der Waals surface area contributed by atoms with Crippen molar-refractivity contribution in [1.29, 1.82) is 0 Å². The van der Waals surface area contributed by atoms with Gasteiger partial charge in [-0.3, -0.25) is 10.1 Å². The Balaban J connectivity index is 2.21. The molecule has 0 aliphatic rings. The van der Waals surface area contributed by atoms with E-state index in [0.717, 1.165) is 17.7 Å². The smallest absolute Gasteiger partial charge is 0.276 e. The van der Waals surface area contributed by atoms with Gasteiger partial charge in [-0.25, -0.2) is 4.39 Å². The third kappa shape index (κ3) is 3.28. The Bertz CT molecular complexity index is 586. The van der Waals surface area contributed by atoms with Gasteiger partial charge in [-0.2, -0.15) is 0 Å². The Morgan fingerprint density at radius 2 is 1.89 bits per heavy atom. The molecule has 4 nitrogen and oxygen atoms in total. The van der Waals surface area contributed by atoms with Crippen LogP contribution in [0.3, 0.4) is 0 Å². The highest BCUT2D eigenvalue weighted by Gasteiger charge is 2.13. The number of non-ortho nitro benzene ring substituents is 1.